The second-order valence-electron chi connectivity index (χ2n) is 5.95. The van der Waals surface area contributed by atoms with Gasteiger partial charge in [0.05, 0.1) is 0 Å². The van der Waals surface area contributed by atoms with Crippen molar-refractivity contribution < 1.29 is 33.3 Å². The normalized spacial score (nSPS) is 21.4. The first-order valence-corrected chi connectivity index (χ1v) is 7.81. The van der Waals surface area contributed by atoms with Crippen molar-refractivity contribution in [2.24, 2.45) is 0 Å². The summed E-state index contributed by atoms with van der Waals surface area (Å²) in [5.74, 6) is -2.54. The summed E-state index contributed by atoms with van der Waals surface area (Å²) >= 11 is 0. The van der Waals surface area contributed by atoms with E-state index in [1.165, 1.54) is 26.1 Å². The first kappa shape index (κ1) is 19.9. The Labute approximate surface area is 153 Å². The summed E-state index contributed by atoms with van der Waals surface area (Å²) in [6.07, 6.45) is -0.0102. The molecule has 0 aromatic carbocycles. The molecule has 0 spiro atoms. The van der Waals surface area contributed by atoms with E-state index >= 15 is 0 Å². The Kier molecular flexibility index (Phi) is 5.52. The first-order valence-electron chi connectivity index (χ1n) is 7.81. The largest absolute Gasteiger partial charge is 0.462 e. The SMILES string of the molecule is CC(=O)OC[C@@]1(C)OC(n2ccc(N)nc2=O)=C(OC(C)=O)C1OC(C)=O. The summed E-state index contributed by atoms with van der Waals surface area (Å²) in [7, 11) is 0. The van der Waals surface area contributed by atoms with Crippen molar-refractivity contribution in [1.82, 2.24) is 9.55 Å². The molecule has 0 saturated heterocycles. The summed E-state index contributed by atoms with van der Waals surface area (Å²) < 4.78 is 22.1. The van der Waals surface area contributed by atoms with Gasteiger partial charge in [-0.05, 0) is 13.0 Å². The average molecular weight is 381 g/mol. The topological polar surface area (TPSA) is 149 Å². The van der Waals surface area contributed by atoms with Crippen LogP contribution in [0.1, 0.15) is 27.7 Å². The Morgan fingerprint density at radius 3 is 2.44 bits per heavy atom. The van der Waals surface area contributed by atoms with Gasteiger partial charge in [-0.1, -0.05) is 0 Å². The number of anilines is 1. The van der Waals surface area contributed by atoms with Crippen LogP contribution in [0.5, 0.6) is 0 Å². The highest BCUT2D eigenvalue weighted by Crippen LogP contribution is 2.39. The molecule has 1 aliphatic heterocycles. The van der Waals surface area contributed by atoms with Gasteiger partial charge in [0.2, 0.25) is 17.7 Å². The van der Waals surface area contributed by atoms with Gasteiger partial charge in [0, 0.05) is 27.0 Å². The van der Waals surface area contributed by atoms with Crippen LogP contribution >= 0.6 is 0 Å². The third kappa shape index (κ3) is 4.43. The Bertz CT molecular complexity index is 875. The molecule has 0 amide bonds. The number of nitrogens with two attached hydrogens (primary N) is 1. The van der Waals surface area contributed by atoms with Crippen LogP contribution in [0, 0.1) is 0 Å². The van der Waals surface area contributed by atoms with E-state index in [-0.39, 0.29) is 24.1 Å². The highest BCUT2D eigenvalue weighted by atomic mass is 16.6. The molecule has 2 N–H and O–H groups in total. The maximum absolute atomic E-state index is 12.2. The van der Waals surface area contributed by atoms with Gasteiger partial charge in [0.1, 0.15) is 12.4 Å². The highest BCUT2D eigenvalue weighted by Gasteiger charge is 2.53. The number of carbonyl (C=O) groups is 3. The molecule has 1 aliphatic rings. The number of nitrogen functional groups attached to an aromatic ring is 1. The molecule has 0 bridgehead atoms. The van der Waals surface area contributed by atoms with Crippen molar-refractivity contribution in [1.29, 1.82) is 0 Å². The molecule has 0 radical (unpaired) electrons. The number of aromatic nitrogens is 2. The maximum atomic E-state index is 12.2. The highest BCUT2D eigenvalue weighted by molar-refractivity contribution is 5.71. The van der Waals surface area contributed by atoms with E-state index in [0.29, 0.717) is 0 Å². The maximum Gasteiger partial charge on any atom is 0.356 e. The lowest BCUT2D eigenvalue weighted by Crippen LogP contribution is -2.46. The molecule has 11 heteroatoms. The number of rotatable bonds is 5. The molecule has 2 rings (SSSR count). The van der Waals surface area contributed by atoms with Crippen LogP contribution in [0.4, 0.5) is 5.82 Å². The number of ether oxygens (including phenoxy) is 4. The third-order valence-corrected chi connectivity index (χ3v) is 3.48. The van der Waals surface area contributed by atoms with Gasteiger partial charge < -0.3 is 24.7 Å². The molecular weight excluding hydrogens is 362 g/mol. The summed E-state index contributed by atoms with van der Waals surface area (Å²) in [5, 5.41) is 0. The fraction of sp³-hybridized carbons (Fsp3) is 0.438. The molecule has 0 saturated carbocycles. The van der Waals surface area contributed by atoms with Crippen LogP contribution < -0.4 is 11.4 Å². The second-order valence-corrected chi connectivity index (χ2v) is 5.95. The van der Waals surface area contributed by atoms with Crippen LogP contribution in [0.25, 0.3) is 5.88 Å². The minimum atomic E-state index is -1.46. The van der Waals surface area contributed by atoms with E-state index in [1.54, 1.807) is 0 Å². The van der Waals surface area contributed by atoms with Gasteiger partial charge in [0.15, 0.2) is 5.60 Å². The van der Waals surface area contributed by atoms with Crippen molar-refractivity contribution in [2.75, 3.05) is 12.3 Å². The van der Waals surface area contributed by atoms with Crippen molar-refractivity contribution in [3.63, 3.8) is 0 Å². The Balaban J connectivity index is 2.59. The number of hydrogen-bond donors (Lipinski definition) is 1. The fourth-order valence-corrected chi connectivity index (χ4v) is 2.40. The smallest absolute Gasteiger partial charge is 0.356 e. The number of hydrogen-bond acceptors (Lipinski definition) is 10. The standard InChI is InChI=1S/C16H19N3O8/c1-8(20)24-7-16(4)13(26-10(3)22)12(25-9(2)21)14(27-16)19-6-5-11(17)18-15(19)23/h5-6,13H,7H2,1-4H3,(H2,17,18,23)/t13?,16-/m1/s1. The zero-order valence-electron chi connectivity index (χ0n) is 15.2. The van der Waals surface area contributed by atoms with Crippen molar-refractivity contribution in [2.45, 2.75) is 39.4 Å². The summed E-state index contributed by atoms with van der Waals surface area (Å²) in [6, 6.07) is 1.33. The van der Waals surface area contributed by atoms with Crippen LogP contribution in [0.15, 0.2) is 22.8 Å². The molecule has 27 heavy (non-hydrogen) atoms. The van der Waals surface area contributed by atoms with Gasteiger partial charge in [-0.3, -0.25) is 14.4 Å². The van der Waals surface area contributed by atoms with Gasteiger partial charge in [0.25, 0.3) is 0 Å². The lowest BCUT2D eigenvalue weighted by atomic mass is 10.00. The lowest BCUT2D eigenvalue weighted by Gasteiger charge is -2.29. The quantitative estimate of drug-likeness (QED) is 0.536. The van der Waals surface area contributed by atoms with Crippen LogP contribution in [0.2, 0.25) is 0 Å². The minimum Gasteiger partial charge on any atom is -0.462 e. The monoisotopic (exact) mass is 381 g/mol. The Hall–Kier alpha value is -3.37. The van der Waals surface area contributed by atoms with E-state index < -0.39 is 35.3 Å². The third-order valence-electron chi connectivity index (χ3n) is 3.48. The minimum absolute atomic E-state index is 0.0249. The number of nitrogens with zero attached hydrogens (tertiary/aromatic N) is 2. The summed E-state index contributed by atoms with van der Waals surface area (Å²) in [6.45, 7) is 4.59. The van der Waals surface area contributed by atoms with Crippen LogP contribution in [-0.2, 0) is 33.3 Å². The molecule has 0 aliphatic carbocycles. The fourth-order valence-electron chi connectivity index (χ4n) is 2.40. The molecule has 1 aromatic heterocycles. The van der Waals surface area contributed by atoms with Crippen LogP contribution in [0.3, 0.4) is 0 Å². The van der Waals surface area contributed by atoms with Crippen molar-refractivity contribution in [3.05, 3.63) is 28.5 Å². The van der Waals surface area contributed by atoms with E-state index in [4.69, 9.17) is 24.7 Å². The summed E-state index contributed by atoms with van der Waals surface area (Å²) in [4.78, 5) is 50.1. The predicted molar refractivity (Wildman–Crippen MR) is 89.6 cm³/mol. The molecule has 1 aromatic rings. The van der Waals surface area contributed by atoms with Gasteiger partial charge in [-0.25, -0.2) is 9.36 Å². The van der Waals surface area contributed by atoms with E-state index in [1.807, 2.05) is 0 Å². The molecule has 2 heterocycles. The Morgan fingerprint density at radius 1 is 1.26 bits per heavy atom. The van der Waals surface area contributed by atoms with Crippen LogP contribution in [-0.4, -0.2) is 45.8 Å². The van der Waals surface area contributed by atoms with E-state index in [0.717, 1.165) is 18.4 Å². The van der Waals surface area contributed by atoms with E-state index in [9.17, 15) is 19.2 Å². The number of esters is 3. The molecule has 1 unspecified atom stereocenters. The molecule has 146 valence electrons. The van der Waals surface area contributed by atoms with Gasteiger partial charge in [-0.15, -0.1) is 0 Å². The van der Waals surface area contributed by atoms with Crippen molar-refractivity contribution >= 4 is 29.6 Å². The molecule has 11 nitrogen and oxygen atoms in total. The van der Waals surface area contributed by atoms with Crippen molar-refractivity contribution in [3.8, 4) is 0 Å². The molecule has 2 atom stereocenters. The predicted octanol–water partition coefficient (Wildman–Crippen LogP) is -0.202. The van der Waals surface area contributed by atoms with Gasteiger partial charge >= 0.3 is 23.6 Å². The molecule has 0 fully saturated rings. The average Bonchev–Trinajstić information content (AvgIpc) is 2.78. The summed E-state index contributed by atoms with van der Waals surface area (Å²) in [5.41, 5.74) is 3.20. The zero-order chi connectivity index (χ0) is 20.4. The first-order chi connectivity index (χ1) is 12.5. The second kappa shape index (κ2) is 7.48. The number of carbonyl (C=O) groups excluding carboxylic acids is 3. The van der Waals surface area contributed by atoms with E-state index in [2.05, 4.69) is 4.98 Å². The zero-order valence-corrected chi connectivity index (χ0v) is 15.2. The van der Waals surface area contributed by atoms with Gasteiger partial charge in [-0.2, -0.15) is 4.98 Å². The molecular formula is C16H19N3O8. The lowest BCUT2D eigenvalue weighted by molar-refractivity contribution is -0.167. The Morgan fingerprint density at radius 2 is 1.93 bits per heavy atom.